The minimum Gasteiger partial charge on any atom is -0.463 e. The van der Waals surface area contributed by atoms with Crippen molar-refractivity contribution in [2.24, 2.45) is 0 Å². The number of nitrogens with zero attached hydrogens (tertiary/aromatic N) is 1. The topological polar surface area (TPSA) is 69.1 Å². The Labute approximate surface area is 183 Å². The third kappa shape index (κ3) is 2.74. The first-order valence-electron chi connectivity index (χ1n) is 10.2. The predicted octanol–water partition coefficient (Wildman–Crippen LogP) is 6.14. The number of ketones is 1. The summed E-state index contributed by atoms with van der Waals surface area (Å²) in [6.45, 7) is 0. The number of anilines is 1. The number of carbonyl (C=O) groups is 1. The Morgan fingerprint density at radius 3 is 2.58 bits per heavy atom. The molecule has 0 fully saturated rings. The molecule has 31 heavy (non-hydrogen) atoms. The molecule has 1 aliphatic carbocycles. The smallest absolute Gasteiger partial charge is 0.205 e. The lowest BCUT2D eigenvalue weighted by molar-refractivity contribution is 0.104. The van der Waals surface area contributed by atoms with Crippen LogP contribution in [0.4, 0.5) is 5.69 Å². The van der Waals surface area contributed by atoms with Gasteiger partial charge < -0.3 is 10.2 Å². The molecule has 5 aromatic rings. The Morgan fingerprint density at radius 1 is 0.968 bits per heavy atom. The first-order chi connectivity index (χ1) is 15.2. The van der Waals surface area contributed by atoms with E-state index in [2.05, 4.69) is 18.2 Å². The van der Waals surface area contributed by atoms with E-state index in [0.717, 1.165) is 51.2 Å². The lowest BCUT2D eigenvalue weighted by Gasteiger charge is -2.22. The average molecular weight is 423 g/mol. The predicted molar refractivity (Wildman–Crippen MR) is 124 cm³/mol. The highest BCUT2D eigenvalue weighted by atomic mass is 32.1. The highest BCUT2D eigenvalue weighted by Crippen LogP contribution is 2.47. The van der Waals surface area contributed by atoms with E-state index in [4.69, 9.17) is 15.1 Å². The van der Waals surface area contributed by atoms with Crippen molar-refractivity contribution in [3.8, 4) is 22.6 Å². The maximum absolute atomic E-state index is 13.2. The molecule has 3 aromatic heterocycles. The van der Waals surface area contributed by atoms with E-state index in [1.54, 1.807) is 6.26 Å². The van der Waals surface area contributed by atoms with Crippen LogP contribution >= 0.6 is 11.3 Å². The molecular weight excluding hydrogens is 404 g/mol. The van der Waals surface area contributed by atoms with Gasteiger partial charge in [0.25, 0.3) is 0 Å². The van der Waals surface area contributed by atoms with Crippen molar-refractivity contribution in [3.63, 3.8) is 0 Å². The first kappa shape index (κ1) is 18.1. The molecule has 150 valence electrons. The van der Waals surface area contributed by atoms with Crippen molar-refractivity contribution in [2.45, 2.75) is 12.8 Å². The van der Waals surface area contributed by atoms with Gasteiger partial charge in [0.2, 0.25) is 5.78 Å². The molecule has 0 saturated heterocycles. The van der Waals surface area contributed by atoms with E-state index in [0.29, 0.717) is 16.1 Å². The van der Waals surface area contributed by atoms with Crippen LogP contribution in [-0.4, -0.2) is 10.8 Å². The lowest BCUT2D eigenvalue weighted by Crippen LogP contribution is -2.08. The normalized spacial score (nSPS) is 12.5. The Kier molecular flexibility index (Phi) is 4.04. The fraction of sp³-hybridized carbons (Fsp3) is 0.0769. The second-order valence-electron chi connectivity index (χ2n) is 7.67. The summed E-state index contributed by atoms with van der Waals surface area (Å²) in [6.07, 6.45) is 3.45. The number of nitrogen functional groups attached to an aromatic ring is 1. The van der Waals surface area contributed by atoms with Crippen molar-refractivity contribution in [3.05, 3.63) is 94.6 Å². The number of hydrogen-bond acceptors (Lipinski definition) is 5. The van der Waals surface area contributed by atoms with E-state index >= 15 is 0 Å². The van der Waals surface area contributed by atoms with Gasteiger partial charge in [-0.25, -0.2) is 4.98 Å². The van der Waals surface area contributed by atoms with Gasteiger partial charge in [-0.2, -0.15) is 0 Å². The van der Waals surface area contributed by atoms with Gasteiger partial charge in [-0.05, 0) is 47.2 Å². The quantitative estimate of drug-likeness (QED) is 0.355. The fourth-order valence-corrected chi connectivity index (χ4v) is 5.55. The van der Waals surface area contributed by atoms with Crippen LogP contribution in [0.1, 0.15) is 26.4 Å². The maximum Gasteiger partial charge on any atom is 0.205 e. The second-order valence-corrected chi connectivity index (χ2v) is 8.67. The third-order valence-electron chi connectivity index (χ3n) is 5.91. The van der Waals surface area contributed by atoms with Gasteiger partial charge in [-0.15, -0.1) is 11.3 Å². The second kappa shape index (κ2) is 6.93. The fourth-order valence-electron chi connectivity index (χ4n) is 4.48. The van der Waals surface area contributed by atoms with Gasteiger partial charge in [0, 0.05) is 10.9 Å². The molecular formula is C26H18N2O2S. The summed E-state index contributed by atoms with van der Waals surface area (Å²) in [6, 6.07) is 21.5. The number of hydrogen-bond donors (Lipinski definition) is 1. The maximum atomic E-state index is 13.2. The molecule has 6 rings (SSSR count). The van der Waals surface area contributed by atoms with Crippen LogP contribution in [0.2, 0.25) is 0 Å². The summed E-state index contributed by atoms with van der Waals surface area (Å²) in [5.74, 6) is 0.666. The Bertz CT molecular complexity index is 1450. The number of pyridine rings is 1. The SMILES string of the molecule is Nc1c(C(=O)c2ccccc2)sc2nc(-c3ccco3)c3c(c12)-c1ccccc1CC3. The number of aryl methyl sites for hydroxylation is 1. The van der Waals surface area contributed by atoms with Crippen LogP contribution in [0.5, 0.6) is 0 Å². The van der Waals surface area contributed by atoms with Gasteiger partial charge in [0.15, 0.2) is 5.76 Å². The molecule has 0 aliphatic heterocycles. The zero-order chi connectivity index (χ0) is 20.9. The van der Waals surface area contributed by atoms with E-state index < -0.39 is 0 Å². The number of nitrogens with two attached hydrogens (primary N) is 1. The summed E-state index contributed by atoms with van der Waals surface area (Å²) in [5, 5.41) is 0.877. The Balaban J connectivity index is 1.68. The van der Waals surface area contributed by atoms with Gasteiger partial charge >= 0.3 is 0 Å². The molecule has 1 aliphatic rings. The van der Waals surface area contributed by atoms with E-state index in [1.807, 2.05) is 48.5 Å². The number of furan rings is 1. The summed E-state index contributed by atoms with van der Waals surface area (Å²) in [7, 11) is 0. The molecule has 5 heteroatoms. The van der Waals surface area contributed by atoms with E-state index in [1.165, 1.54) is 16.9 Å². The van der Waals surface area contributed by atoms with Crippen molar-refractivity contribution >= 4 is 33.0 Å². The lowest BCUT2D eigenvalue weighted by atomic mass is 9.83. The van der Waals surface area contributed by atoms with Crippen molar-refractivity contribution in [2.75, 3.05) is 5.73 Å². The zero-order valence-electron chi connectivity index (χ0n) is 16.6. The van der Waals surface area contributed by atoms with Crippen LogP contribution in [-0.2, 0) is 12.8 Å². The Morgan fingerprint density at radius 2 is 1.77 bits per heavy atom. The molecule has 2 aromatic carbocycles. The molecule has 2 N–H and O–H groups in total. The summed E-state index contributed by atoms with van der Waals surface area (Å²) in [5.41, 5.74) is 13.3. The molecule has 0 amide bonds. The highest BCUT2D eigenvalue weighted by Gasteiger charge is 2.29. The molecule has 0 unspecified atom stereocenters. The molecule has 0 atom stereocenters. The summed E-state index contributed by atoms with van der Waals surface area (Å²) < 4.78 is 5.72. The molecule has 3 heterocycles. The summed E-state index contributed by atoms with van der Waals surface area (Å²) >= 11 is 1.36. The van der Waals surface area contributed by atoms with Crippen LogP contribution in [0.25, 0.3) is 32.8 Å². The number of thiophene rings is 1. The van der Waals surface area contributed by atoms with Gasteiger partial charge in [-0.3, -0.25) is 4.79 Å². The molecule has 0 saturated carbocycles. The zero-order valence-corrected chi connectivity index (χ0v) is 17.4. The van der Waals surface area contributed by atoms with E-state index in [-0.39, 0.29) is 5.78 Å². The largest absolute Gasteiger partial charge is 0.463 e. The number of carbonyl (C=O) groups excluding carboxylic acids is 1. The van der Waals surface area contributed by atoms with Gasteiger partial charge in [-0.1, -0.05) is 54.6 Å². The van der Waals surface area contributed by atoms with E-state index in [9.17, 15) is 4.79 Å². The van der Waals surface area contributed by atoms with Crippen LogP contribution in [0.15, 0.2) is 77.4 Å². The number of rotatable bonds is 3. The molecule has 0 bridgehead atoms. The summed E-state index contributed by atoms with van der Waals surface area (Å²) in [4.78, 5) is 19.5. The third-order valence-corrected chi connectivity index (χ3v) is 7.00. The van der Waals surface area contributed by atoms with Crippen molar-refractivity contribution < 1.29 is 9.21 Å². The van der Waals surface area contributed by atoms with Crippen LogP contribution < -0.4 is 5.73 Å². The first-order valence-corrected chi connectivity index (χ1v) is 11.0. The van der Waals surface area contributed by atoms with Gasteiger partial charge in [0.05, 0.1) is 12.0 Å². The van der Waals surface area contributed by atoms with Crippen LogP contribution in [0, 0.1) is 0 Å². The minimum atomic E-state index is -0.0708. The average Bonchev–Trinajstić information content (AvgIpc) is 3.47. The number of benzene rings is 2. The highest BCUT2D eigenvalue weighted by molar-refractivity contribution is 7.21. The van der Waals surface area contributed by atoms with Gasteiger partial charge in [0.1, 0.15) is 15.4 Å². The monoisotopic (exact) mass is 422 g/mol. The molecule has 0 spiro atoms. The van der Waals surface area contributed by atoms with Crippen molar-refractivity contribution in [1.29, 1.82) is 0 Å². The standard InChI is InChI=1S/C26H18N2O2S/c27-22-21-20-17-10-5-4-7-15(17)12-13-18(20)23(19-11-6-14-30-19)28-26(21)31-25(22)24(29)16-8-2-1-3-9-16/h1-11,14H,12-13,27H2. The number of aromatic nitrogens is 1. The Hall–Kier alpha value is -3.70. The van der Waals surface area contributed by atoms with Crippen LogP contribution in [0.3, 0.4) is 0 Å². The number of fused-ring (bicyclic) bond motifs is 5. The molecule has 0 radical (unpaired) electrons. The van der Waals surface area contributed by atoms with Crippen molar-refractivity contribution in [1.82, 2.24) is 4.98 Å². The molecule has 4 nitrogen and oxygen atoms in total. The minimum absolute atomic E-state index is 0.0708.